The van der Waals surface area contributed by atoms with Crippen LogP contribution in [0.5, 0.6) is 0 Å². The van der Waals surface area contributed by atoms with E-state index in [9.17, 15) is 19.2 Å². The van der Waals surface area contributed by atoms with E-state index in [1.165, 1.54) is 6.92 Å². The second-order valence-corrected chi connectivity index (χ2v) is 18.9. The lowest BCUT2D eigenvalue weighted by molar-refractivity contribution is -0.140. The molecular formula is C56H84N4O8. The average molecular weight is 941 g/mol. The van der Waals surface area contributed by atoms with Crippen LogP contribution in [0.4, 0.5) is 9.59 Å². The minimum Gasteiger partial charge on any atom is -0.459 e. The third-order valence-electron chi connectivity index (χ3n) is 10.0. The topological polar surface area (TPSA) is 153 Å². The summed E-state index contributed by atoms with van der Waals surface area (Å²) < 4.78 is 20.9. The quantitative estimate of drug-likeness (QED) is 0.0468. The first kappa shape index (κ1) is 62.0. The first-order valence-corrected chi connectivity index (χ1v) is 22.7. The lowest BCUT2D eigenvalue weighted by Gasteiger charge is -2.28. The van der Waals surface area contributed by atoms with Crippen molar-refractivity contribution < 1.29 is 38.1 Å². The van der Waals surface area contributed by atoms with Gasteiger partial charge >= 0.3 is 18.1 Å². The Bertz CT molecular complexity index is 2150. The van der Waals surface area contributed by atoms with Crippen molar-refractivity contribution in [2.75, 3.05) is 39.6 Å². The normalized spacial score (nSPS) is 11.4. The Kier molecular flexibility index (Phi) is 27.1. The second kappa shape index (κ2) is 29.7. The van der Waals surface area contributed by atoms with Crippen molar-refractivity contribution in [3.63, 3.8) is 0 Å². The summed E-state index contributed by atoms with van der Waals surface area (Å²) in [5.74, 6) is -0.00425. The Morgan fingerprint density at radius 1 is 0.544 bits per heavy atom. The van der Waals surface area contributed by atoms with Crippen LogP contribution in [-0.4, -0.2) is 69.7 Å². The molecule has 0 heterocycles. The van der Waals surface area contributed by atoms with E-state index >= 15 is 0 Å². The molecule has 12 nitrogen and oxygen atoms in total. The molecule has 3 rings (SSSR count). The molecule has 0 aliphatic heterocycles. The summed E-state index contributed by atoms with van der Waals surface area (Å²) in [6, 6.07) is 23.7. The van der Waals surface area contributed by atoms with E-state index in [4.69, 9.17) is 18.9 Å². The molecule has 0 bridgehead atoms. The molecule has 0 saturated carbocycles. The summed E-state index contributed by atoms with van der Waals surface area (Å²) in [7, 11) is 0. The number of carbonyl (C=O) groups excluding carboxylic acids is 4. The minimum absolute atomic E-state index is 0. The summed E-state index contributed by atoms with van der Waals surface area (Å²) in [6.07, 6.45) is -0.577. The number of hydrogen-bond donors (Lipinski definition) is 4. The lowest BCUT2D eigenvalue weighted by Crippen LogP contribution is -2.49. The fraction of sp³-hybridized carbons (Fsp3) is 0.464. The second-order valence-electron chi connectivity index (χ2n) is 18.9. The summed E-state index contributed by atoms with van der Waals surface area (Å²) in [6.45, 7) is 44.4. The van der Waals surface area contributed by atoms with Crippen molar-refractivity contribution in [1.82, 2.24) is 21.3 Å². The average Bonchev–Trinajstić information content (AvgIpc) is 3.23. The molecular weight excluding hydrogens is 857 g/mol. The van der Waals surface area contributed by atoms with Gasteiger partial charge in [0, 0.05) is 19.1 Å². The molecule has 0 radical (unpaired) electrons. The number of alkyl carbamates (subject to hydrolysis) is 1. The summed E-state index contributed by atoms with van der Waals surface area (Å²) in [5.41, 5.74) is 8.08. The van der Waals surface area contributed by atoms with Gasteiger partial charge in [-0.25, -0.2) is 14.4 Å². The van der Waals surface area contributed by atoms with Gasteiger partial charge in [-0.05, 0) is 134 Å². The van der Waals surface area contributed by atoms with Gasteiger partial charge in [0.1, 0.15) is 13.2 Å². The molecule has 1 atom stereocenters. The molecule has 0 saturated heterocycles. The fourth-order valence-corrected chi connectivity index (χ4v) is 6.14. The molecule has 0 fully saturated rings. The van der Waals surface area contributed by atoms with Crippen molar-refractivity contribution in [3.8, 4) is 0 Å². The van der Waals surface area contributed by atoms with Crippen LogP contribution in [0.15, 0.2) is 105 Å². The van der Waals surface area contributed by atoms with E-state index in [1.807, 2.05) is 130 Å². The van der Waals surface area contributed by atoms with E-state index in [2.05, 4.69) is 73.6 Å². The summed E-state index contributed by atoms with van der Waals surface area (Å²) in [5, 5.41) is 11.7. The minimum atomic E-state index is -0.614. The summed E-state index contributed by atoms with van der Waals surface area (Å²) in [4.78, 5) is 46.6. The highest BCUT2D eigenvalue weighted by Gasteiger charge is 2.26. The number of carbonyl (C=O) groups is 4. The van der Waals surface area contributed by atoms with E-state index in [0.717, 1.165) is 56.7 Å². The lowest BCUT2D eigenvalue weighted by atomic mass is 9.91. The van der Waals surface area contributed by atoms with E-state index < -0.39 is 23.1 Å². The van der Waals surface area contributed by atoms with Crippen molar-refractivity contribution in [1.29, 1.82) is 0 Å². The Labute approximate surface area is 409 Å². The molecule has 0 aliphatic carbocycles. The smallest absolute Gasteiger partial charge is 0.407 e. The molecule has 12 heteroatoms. The van der Waals surface area contributed by atoms with Crippen molar-refractivity contribution in [2.45, 2.75) is 127 Å². The Morgan fingerprint density at radius 3 is 1.31 bits per heavy atom. The van der Waals surface area contributed by atoms with Crippen molar-refractivity contribution in [3.05, 3.63) is 138 Å². The van der Waals surface area contributed by atoms with Crippen LogP contribution in [0.3, 0.4) is 0 Å². The number of ether oxygens (including phenoxy) is 4. The first-order valence-electron chi connectivity index (χ1n) is 22.7. The predicted molar refractivity (Wildman–Crippen MR) is 281 cm³/mol. The number of urea groups is 1. The number of hydrogen-bond acceptors (Lipinski definition) is 8. The number of nitrogens with one attached hydrogen (secondary N) is 4. The van der Waals surface area contributed by atoms with Gasteiger partial charge in [0.05, 0.1) is 42.5 Å². The molecule has 1 unspecified atom stereocenters. The van der Waals surface area contributed by atoms with Gasteiger partial charge in [-0.15, -0.1) is 0 Å². The van der Waals surface area contributed by atoms with Gasteiger partial charge < -0.3 is 40.2 Å². The molecule has 0 aromatic heterocycles. The zero-order valence-electron chi connectivity index (χ0n) is 42.9. The number of benzene rings is 3. The molecule has 4 amide bonds. The maximum absolute atomic E-state index is 12.4. The van der Waals surface area contributed by atoms with E-state index in [1.54, 1.807) is 6.92 Å². The van der Waals surface area contributed by atoms with Crippen LogP contribution < -0.4 is 21.3 Å². The molecule has 68 heavy (non-hydrogen) atoms. The van der Waals surface area contributed by atoms with Gasteiger partial charge in [0.2, 0.25) is 5.91 Å². The third-order valence-corrected chi connectivity index (χ3v) is 10.0. The van der Waals surface area contributed by atoms with Crippen LogP contribution in [0.2, 0.25) is 0 Å². The Morgan fingerprint density at radius 2 is 0.926 bits per heavy atom. The van der Waals surface area contributed by atoms with Gasteiger partial charge in [0.25, 0.3) is 0 Å². The van der Waals surface area contributed by atoms with E-state index in [-0.39, 0.29) is 44.2 Å². The monoisotopic (exact) mass is 941 g/mol. The number of rotatable bonds is 21. The van der Waals surface area contributed by atoms with Crippen LogP contribution in [-0.2, 0) is 45.2 Å². The highest BCUT2D eigenvalue weighted by Crippen LogP contribution is 2.26. The zero-order valence-corrected chi connectivity index (χ0v) is 42.9. The molecule has 3 aromatic rings. The summed E-state index contributed by atoms with van der Waals surface area (Å²) >= 11 is 0. The van der Waals surface area contributed by atoms with Crippen LogP contribution in [0.25, 0.3) is 16.7 Å². The molecule has 376 valence electrons. The zero-order chi connectivity index (χ0) is 51.1. The Hall–Kier alpha value is -5.98. The third kappa shape index (κ3) is 24.2. The highest BCUT2D eigenvalue weighted by atomic mass is 16.6. The number of amides is 4. The molecule has 0 spiro atoms. The molecule has 3 aromatic carbocycles. The first-order chi connectivity index (χ1) is 31.1. The van der Waals surface area contributed by atoms with Gasteiger partial charge in [-0.1, -0.05) is 119 Å². The number of esters is 1. The maximum Gasteiger partial charge on any atom is 0.407 e. The Balaban J connectivity index is 0.00000101. The standard InChI is InChI=1S/C22H36N2O3.C19H25NO4.C14H19NO.CH4/c1-16(2)14-26-11-12-27-15-18(5)23-21(25)24-22(6,7)20-10-8-9-19(13-20)17(3)4;1-13(2)15-8-7-9-16(12-15)19(5,6)20-18(22)24-11-10-23-17(21)14(3)4;1-10(2)12-7-6-8-13(9-12)14(4,5)15-11(3)16;/h8-10,13,16,18H,3,11-12,14-15H2,1-2,4-7H3,(H2,23,24,25);7-9,12H,1,3,10-11H2,2,4-6H3,(H,20,22);6-9H,1H2,2-5H3,(H,15,16);1H4. The van der Waals surface area contributed by atoms with Crippen molar-refractivity contribution in [2.24, 2.45) is 5.92 Å². The van der Waals surface area contributed by atoms with Gasteiger partial charge in [-0.2, -0.15) is 0 Å². The maximum atomic E-state index is 12.4. The van der Waals surface area contributed by atoms with Crippen LogP contribution in [0, 0.1) is 5.92 Å². The largest absolute Gasteiger partial charge is 0.459 e. The van der Waals surface area contributed by atoms with Crippen molar-refractivity contribution >= 4 is 40.7 Å². The van der Waals surface area contributed by atoms with Gasteiger partial charge in [0.15, 0.2) is 0 Å². The highest BCUT2D eigenvalue weighted by molar-refractivity contribution is 5.87. The SMILES string of the molecule is C.C=C(C)C(=O)OCCOC(=O)NC(C)(C)c1cccc(C(=C)C)c1.C=C(C)c1cccc(C(C)(C)NC(=O)NC(C)COCCOCC(C)C)c1.C=C(C)c1cccc(C(C)(C)NC(C)=O)c1. The molecule has 0 aliphatic rings. The predicted octanol–water partition coefficient (Wildman–Crippen LogP) is 11.9. The van der Waals surface area contributed by atoms with Crippen LogP contribution in [0.1, 0.15) is 138 Å². The number of allylic oxidation sites excluding steroid dienone is 3. The van der Waals surface area contributed by atoms with Crippen LogP contribution >= 0.6 is 0 Å². The van der Waals surface area contributed by atoms with E-state index in [0.29, 0.717) is 31.3 Å². The molecule has 4 N–H and O–H groups in total. The van der Waals surface area contributed by atoms with Gasteiger partial charge in [-0.3, -0.25) is 4.79 Å². The fourth-order valence-electron chi connectivity index (χ4n) is 6.14.